The monoisotopic (exact) mass is 667 g/mol. The Bertz CT molecular complexity index is 3110. The molecule has 0 aliphatic heterocycles. The molecule has 0 saturated carbocycles. The van der Waals surface area contributed by atoms with Crippen molar-refractivity contribution in [3.8, 4) is 11.1 Å². The van der Waals surface area contributed by atoms with Crippen LogP contribution in [0.25, 0.3) is 85.6 Å². The second-order valence-electron chi connectivity index (χ2n) is 13.3. The molecule has 0 aliphatic rings. The second-order valence-corrected chi connectivity index (χ2v) is 14.3. The maximum atomic E-state index is 6.40. The van der Waals surface area contributed by atoms with Crippen molar-refractivity contribution in [2.45, 2.75) is 0 Å². The number of furan rings is 1. The van der Waals surface area contributed by atoms with Crippen molar-refractivity contribution in [1.82, 2.24) is 0 Å². The molecule has 0 spiro atoms. The number of rotatable bonds is 4. The highest BCUT2D eigenvalue weighted by Crippen LogP contribution is 2.46. The second kappa shape index (κ2) is 11.0. The number of fused-ring (bicyclic) bond motifs is 12. The summed E-state index contributed by atoms with van der Waals surface area (Å²) in [5.74, 6) is 0. The molecule has 0 N–H and O–H groups in total. The third-order valence-electron chi connectivity index (χ3n) is 10.4. The van der Waals surface area contributed by atoms with Gasteiger partial charge in [-0.15, -0.1) is 11.3 Å². The number of nitrogens with zero attached hydrogens (tertiary/aromatic N) is 1. The van der Waals surface area contributed by atoms with Crippen LogP contribution in [-0.2, 0) is 0 Å². The molecule has 9 aromatic carbocycles. The van der Waals surface area contributed by atoms with Gasteiger partial charge in [0, 0.05) is 43.7 Å². The Morgan fingerprint density at radius 2 is 0.902 bits per heavy atom. The Labute approximate surface area is 298 Å². The van der Waals surface area contributed by atoms with Crippen LogP contribution in [0.1, 0.15) is 0 Å². The van der Waals surface area contributed by atoms with Gasteiger partial charge in [-0.3, -0.25) is 0 Å². The van der Waals surface area contributed by atoms with Crippen molar-refractivity contribution >= 4 is 103 Å². The molecule has 51 heavy (non-hydrogen) atoms. The van der Waals surface area contributed by atoms with Crippen molar-refractivity contribution in [3.05, 3.63) is 176 Å². The maximum absolute atomic E-state index is 6.40. The average Bonchev–Trinajstić information content (AvgIpc) is 3.77. The van der Waals surface area contributed by atoms with Crippen LogP contribution >= 0.6 is 11.3 Å². The zero-order valence-electron chi connectivity index (χ0n) is 27.5. The minimum absolute atomic E-state index is 0.884. The van der Waals surface area contributed by atoms with E-state index >= 15 is 0 Å². The summed E-state index contributed by atoms with van der Waals surface area (Å²) in [5.41, 5.74) is 7.49. The highest BCUT2D eigenvalue weighted by molar-refractivity contribution is 7.26. The molecule has 0 aliphatic carbocycles. The smallest absolute Gasteiger partial charge is 0.137 e. The van der Waals surface area contributed by atoms with Crippen molar-refractivity contribution in [2.24, 2.45) is 0 Å². The Morgan fingerprint density at radius 3 is 1.67 bits per heavy atom. The summed E-state index contributed by atoms with van der Waals surface area (Å²) in [6.45, 7) is 0. The number of hydrogen-bond acceptors (Lipinski definition) is 3. The van der Waals surface area contributed by atoms with Crippen molar-refractivity contribution < 1.29 is 4.42 Å². The molecule has 2 aromatic heterocycles. The molecule has 0 amide bonds. The van der Waals surface area contributed by atoms with Crippen LogP contribution in [0.3, 0.4) is 0 Å². The van der Waals surface area contributed by atoms with Gasteiger partial charge in [0.15, 0.2) is 0 Å². The minimum Gasteiger partial charge on any atom is -0.456 e. The van der Waals surface area contributed by atoms with Crippen LogP contribution in [-0.4, -0.2) is 0 Å². The van der Waals surface area contributed by atoms with E-state index in [1.165, 1.54) is 63.6 Å². The van der Waals surface area contributed by atoms with E-state index in [1.54, 1.807) is 0 Å². The van der Waals surface area contributed by atoms with Gasteiger partial charge < -0.3 is 9.32 Å². The van der Waals surface area contributed by atoms with Gasteiger partial charge in [-0.05, 0) is 92.0 Å². The van der Waals surface area contributed by atoms with Gasteiger partial charge in [-0.1, -0.05) is 121 Å². The molecule has 0 unspecified atom stereocenters. The topological polar surface area (TPSA) is 16.4 Å². The first-order valence-corrected chi connectivity index (χ1v) is 18.2. The van der Waals surface area contributed by atoms with E-state index < -0.39 is 0 Å². The van der Waals surface area contributed by atoms with Gasteiger partial charge in [0.05, 0.1) is 10.4 Å². The molecule has 2 nitrogen and oxygen atoms in total. The molecular formula is C48H29NOS. The van der Waals surface area contributed by atoms with Gasteiger partial charge in [-0.25, -0.2) is 0 Å². The molecule has 0 saturated heterocycles. The molecule has 0 fully saturated rings. The number of hydrogen-bond donors (Lipinski definition) is 0. The van der Waals surface area contributed by atoms with Crippen LogP contribution < -0.4 is 4.90 Å². The van der Waals surface area contributed by atoms with E-state index in [1.807, 2.05) is 23.5 Å². The molecular weight excluding hydrogens is 639 g/mol. The number of benzene rings is 9. The quantitative estimate of drug-likeness (QED) is 0.174. The normalized spacial score (nSPS) is 11.9. The highest BCUT2D eigenvalue weighted by atomic mass is 32.1. The Hall–Kier alpha value is -6.42. The van der Waals surface area contributed by atoms with Crippen molar-refractivity contribution in [2.75, 3.05) is 4.90 Å². The van der Waals surface area contributed by atoms with Gasteiger partial charge >= 0.3 is 0 Å². The predicted molar refractivity (Wildman–Crippen MR) is 219 cm³/mol. The van der Waals surface area contributed by atoms with Crippen LogP contribution in [0.5, 0.6) is 0 Å². The van der Waals surface area contributed by atoms with E-state index in [9.17, 15) is 0 Å². The lowest BCUT2D eigenvalue weighted by Gasteiger charge is -2.26. The Morgan fingerprint density at radius 1 is 0.353 bits per heavy atom. The average molecular weight is 668 g/mol. The summed E-state index contributed by atoms with van der Waals surface area (Å²) in [6, 6.07) is 63.8. The summed E-state index contributed by atoms with van der Waals surface area (Å²) in [6.07, 6.45) is 0. The molecule has 0 radical (unpaired) electrons. The summed E-state index contributed by atoms with van der Waals surface area (Å²) >= 11 is 1.85. The van der Waals surface area contributed by atoms with E-state index in [-0.39, 0.29) is 0 Å². The first-order valence-electron chi connectivity index (χ1n) is 17.3. The van der Waals surface area contributed by atoms with Crippen molar-refractivity contribution in [3.63, 3.8) is 0 Å². The fraction of sp³-hybridized carbons (Fsp3) is 0. The minimum atomic E-state index is 0.884. The SMILES string of the molecule is c1ccc2c(c1)oc1cc(N(c3ccc(-c4ccc5c6ccccc6c6ccccc6c5c4)cc3)c3cccc4c3sc3ccccc34)ccc12. The summed E-state index contributed by atoms with van der Waals surface area (Å²) < 4.78 is 8.95. The Balaban J connectivity index is 1.09. The van der Waals surface area contributed by atoms with E-state index in [0.717, 1.165) is 39.0 Å². The number of para-hydroxylation sites is 1. The molecule has 3 heteroatoms. The van der Waals surface area contributed by atoms with Gasteiger partial charge in [0.1, 0.15) is 11.2 Å². The number of anilines is 3. The van der Waals surface area contributed by atoms with Crippen LogP contribution in [0.15, 0.2) is 180 Å². The van der Waals surface area contributed by atoms with Gasteiger partial charge in [0.25, 0.3) is 0 Å². The van der Waals surface area contributed by atoms with Gasteiger partial charge in [0.2, 0.25) is 0 Å². The zero-order valence-corrected chi connectivity index (χ0v) is 28.3. The van der Waals surface area contributed by atoms with Crippen LogP contribution in [0.2, 0.25) is 0 Å². The zero-order chi connectivity index (χ0) is 33.5. The first kappa shape index (κ1) is 28.4. The third-order valence-corrected chi connectivity index (χ3v) is 11.7. The van der Waals surface area contributed by atoms with Crippen LogP contribution in [0, 0.1) is 0 Å². The number of thiophene rings is 1. The predicted octanol–water partition coefficient (Wildman–Crippen LogP) is 14.6. The lowest BCUT2D eigenvalue weighted by molar-refractivity contribution is 0.669. The molecule has 0 atom stereocenters. The summed E-state index contributed by atoms with van der Waals surface area (Å²) in [5, 5.41) is 12.6. The Kier molecular flexibility index (Phi) is 6.16. The maximum Gasteiger partial charge on any atom is 0.137 e. The third kappa shape index (κ3) is 4.35. The lowest BCUT2D eigenvalue weighted by atomic mass is 9.92. The van der Waals surface area contributed by atoms with E-state index in [0.29, 0.717) is 0 Å². The summed E-state index contributed by atoms with van der Waals surface area (Å²) in [7, 11) is 0. The van der Waals surface area contributed by atoms with Crippen molar-refractivity contribution in [1.29, 1.82) is 0 Å². The molecule has 238 valence electrons. The molecule has 2 heterocycles. The standard InChI is InChI=1S/C48H29NOS/c1-2-12-36-34(10-1)35-11-3-4-13-37(35)43-28-31(22-26-38(36)43)30-20-23-32(24-21-30)49(33-25-27-40-39-14-5-7-18-45(39)50-46(40)29-33)44-17-9-16-42-41-15-6-8-19-47(41)51-48(42)44/h1-29H. The fourth-order valence-electron chi connectivity index (χ4n) is 8.08. The fourth-order valence-corrected chi connectivity index (χ4v) is 9.29. The lowest BCUT2D eigenvalue weighted by Crippen LogP contribution is -2.10. The highest BCUT2D eigenvalue weighted by Gasteiger charge is 2.20. The molecule has 11 rings (SSSR count). The van der Waals surface area contributed by atoms with Crippen LogP contribution in [0.4, 0.5) is 17.1 Å². The molecule has 11 aromatic rings. The van der Waals surface area contributed by atoms with Gasteiger partial charge in [-0.2, -0.15) is 0 Å². The molecule has 0 bridgehead atoms. The van der Waals surface area contributed by atoms with E-state index in [2.05, 4.69) is 169 Å². The summed E-state index contributed by atoms with van der Waals surface area (Å²) in [4.78, 5) is 2.38. The largest absolute Gasteiger partial charge is 0.456 e. The first-order chi connectivity index (χ1) is 25.3. The van der Waals surface area contributed by atoms with E-state index in [4.69, 9.17) is 4.42 Å².